The summed E-state index contributed by atoms with van der Waals surface area (Å²) in [5, 5.41) is 2.85. The zero-order valence-electron chi connectivity index (χ0n) is 14.4. The zero-order chi connectivity index (χ0) is 16.7. The van der Waals surface area contributed by atoms with Gasteiger partial charge >= 0.3 is 0 Å². The van der Waals surface area contributed by atoms with E-state index in [0.29, 0.717) is 24.5 Å². The van der Waals surface area contributed by atoms with Crippen molar-refractivity contribution < 1.29 is 13.9 Å². The van der Waals surface area contributed by atoms with E-state index >= 15 is 0 Å². The quantitative estimate of drug-likeness (QED) is 0.724. The topological polar surface area (TPSA) is 80.7 Å². The molecule has 140 valence electrons. The van der Waals surface area contributed by atoms with Gasteiger partial charge in [-0.15, -0.1) is 24.8 Å². The monoisotopic (exact) mass is 389 g/mol. The second kappa shape index (κ2) is 11.8. The van der Waals surface area contributed by atoms with E-state index in [0.717, 1.165) is 17.9 Å². The zero-order valence-corrected chi connectivity index (χ0v) is 16.0. The summed E-state index contributed by atoms with van der Waals surface area (Å²) in [4.78, 5) is 14.1. The number of amides is 1. The lowest BCUT2D eigenvalue weighted by Gasteiger charge is -2.12. The first kappa shape index (κ1) is 23.3. The molecule has 0 aliphatic carbocycles. The van der Waals surface area contributed by atoms with Gasteiger partial charge < -0.3 is 25.1 Å². The Morgan fingerprint density at radius 2 is 2.04 bits per heavy atom. The van der Waals surface area contributed by atoms with E-state index in [1.807, 2.05) is 38.4 Å². The fourth-order valence-electron chi connectivity index (χ4n) is 1.98. The van der Waals surface area contributed by atoms with Crippen LogP contribution >= 0.6 is 24.8 Å². The van der Waals surface area contributed by atoms with Crippen molar-refractivity contribution in [1.29, 1.82) is 0 Å². The standard InChI is InChI=1S/C17H23N3O3.2ClH/c1-20(2)6-7-22-15-5-3-4-13(8-15)11-19-17(21)14-9-16(10-18)23-12-14;;/h3-5,8-9,12H,6-7,10-11,18H2,1-2H3,(H,19,21);2*1H. The van der Waals surface area contributed by atoms with Gasteiger partial charge in [0.2, 0.25) is 0 Å². The van der Waals surface area contributed by atoms with E-state index < -0.39 is 0 Å². The lowest BCUT2D eigenvalue weighted by Crippen LogP contribution is -2.22. The highest BCUT2D eigenvalue weighted by Crippen LogP contribution is 2.13. The average molecular weight is 390 g/mol. The molecule has 0 unspecified atom stereocenters. The third-order valence-electron chi connectivity index (χ3n) is 3.28. The lowest BCUT2D eigenvalue weighted by atomic mass is 10.2. The van der Waals surface area contributed by atoms with Crippen molar-refractivity contribution in [3.05, 3.63) is 53.5 Å². The molecule has 25 heavy (non-hydrogen) atoms. The summed E-state index contributed by atoms with van der Waals surface area (Å²) in [7, 11) is 4.00. The van der Waals surface area contributed by atoms with Gasteiger partial charge in [0.15, 0.2) is 0 Å². The Morgan fingerprint density at radius 1 is 1.28 bits per heavy atom. The van der Waals surface area contributed by atoms with E-state index in [1.54, 1.807) is 6.07 Å². The molecular weight excluding hydrogens is 365 g/mol. The number of hydrogen-bond acceptors (Lipinski definition) is 5. The summed E-state index contributed by atoms with van der Waals surface area (Å²) >= 11 is 0. The predicted molar refractivity (Wildman–Crippen MR) is 103 cm³/mol. The largest absolute Gasteiger partial charge is 0.492 e. The van der Waals surface area contributed by atoms with Gasteiger partial charge in [-0.3, -0.25) is 4.79 Å². The van der Waals surface area contributed by atoms with Crippen LogP contribution in [-0.4, -0.2) is 38.1 Å². The van der Waals surface area contributed by atoms with Crippen LogP contribution in [0.3, 0.4) is 0 Å². The minimum absolute atomic E-state index is 0. The summed E-state index contributed by atoms with van der Waals surface area (Å²) < 4.78 is 10.8. The van der Waals surface area contributed by atoms with Crippen LogP contribution in [0.4, 0.5) is 0 Å². The summed E-state index contributed by atoms with van der Waals surface area (Å²) in [6, 6.07) is 9.34. The molecule has 0 spiro atoms. The lowest BCUT2D eigenvalue weighted by molar-refractivity contribution is 0.0950. The van der Waals surface area contributed by atoms with Crippen molar-refractivity contribution in [2.45, 2.75) is 13.1 Å². The number of halogens is 2. The van der Waals surface area contributed by atoms with Crippen LogP contribution in [0.15, 0.2) is 41.0 Å². The van der Waals surface area contributed by atoms with Crippen LogP contribution in [-0.2, 0) is 13.1 Å². The number of nitrogens with one attached hydrogen (secondary N) is 1. The van der Waals surface area contributed by atoms with Crippen molar-refractivity contribution in [1.82, 2.24) is 10.2 Å². The summed E-state index contributed by atoms with van der Waals surface area (Å²) in [6.45, 7) is 2.18. The summed E-state index contributed by atoms with van der Waals surface area (Å²) in [6.07, 6.45) is 1.41. The molecule has 1 amide bonds. The first-order chi connectivity index (χ1) is 11.1. The minimum atomic E-state index is -0.188. The molecule has 1 aromatic heterocycles. The third-order valence-corrected chi connectivity index (χ3v) is 3.28. The predicted octanol–water partition coefficient (Wildman–Crippen LogP) is 2.45. The number of carbonyl (C=O) groups is 1. The number of hydrogen-bond donors (Lipinski definition) is 2. The molecule has 0 bridgehead atoms. The van der Waals surface area contributed by atoms with Gasteiger partial charge in [-0.25, -0.2) is 0 Å². The molecule has 0 saturated carbocycles. The number of likely N-dealkylation sites (N-methyl/N-ethyl adjacent to an activating group) is 1. The maximum Gasteiger partial charge on any atom is 0.254 e. The van der Waals surface area contributed by atoms with Crippen LogP contribution < -0.4 is 15.8 Å². The molecule has 0 aliphatic rings. The SMILES string of the molecule is CN(C)CCOc1cccc(CNC(=O)c2coc(CN)c2)c1.Cl.Cl. The van der Waals surface area contributed by atoms with Crippen LogP contribution in [0.2, 0.25) is 0 Å². The van der Waals surface area contributed by atoms with Crippen LogP contribution in [0.25, 0.3) is 0 Å². The third kappa shape index (κ3) is 7.79. The number of nitrogens with zero attached hydrogens (tertiary/aromatic N) is 1. The number of rotatable bonds is 8. The molecule has 0 radical (unpaired) electrons. The molecule has 1 heterocycles. The Kier molecular flexibility index (Phi) is 10.9. The van der Waals surface area contributed by atoms with E-state index in [9.17, 15) is 4.79 Å². The van der Waals surface area contributed by atoms with Crippen molar-refractivity contribution in [3.8, 4) is 5.75 Å². The van der Waals surface area contributed by atoms with Gasteiger partial charge in [0.1, 0.15) is 24.4 Å². The van der Waals surface area contributed by atoms with Gasteiger partial charge in [0, 0.05) is 13.1 Å². The van der Waals surface area contributed by atoms with Crippen molar-refractivity contribution in [2.24, 2.45) is 5.73 Å². The molecule has 0 aliphatic heterocycles. The smallest absolute Gasteiger partial charge is 0.254 e. The van der Waals surface area contributed by atoms with E-state index in [4.69, 9.17) is 14.9 Å². The maximum atomic E-state index is 12.0. The summed E-state index contributed by atoms with van der Waals surface area (Å²) in [5.41, 5.74) is 6.91. The van der Waals surface area contributed by atoms with Gasteiger partial charge in [0.05, 0.1) is 12.1 Å². The highest BCUT2D eigenvalue weighted by atomic mass is 35.5. The van der Waals surface area contributed by atoms with Gasteiger partial charge in [0.25, 0.3) is 5.91 Å². The Labute approximate surface area is 160 Å². The maximum absolute atomic E-state index is 12.0. The van der Waals surface area contributed by atoms with Gasteiger partial charge in [-0.2, -0.15) is 0 Å². The second-order valence-electron chi connectivity index (χ2n) is 5.49. The highest BCUT2D eigenvalue weighted by Gasteiger charge is 2.09. The normalized spacial score (nSPS) is 9.92. The Bertz CT molecular complexity index is 648. The van der Waals surface area contributed by atoms with Crippen molar-refractivity contribution in [2.75, 3.05) is 27.2 Å². The van der Waals surface area contributed by atoms with E-state index in [-0.39, 0.29) is 37.3 Å². The molecule has 0 saturated heterocycles. The van der Waals surface area contributed by atoms with Crippen molar-refractivity contribution in [3.63, 3.8) is 0 Å². The number of carbonyl (C=O) groups excluding carboxylic acids is 1. The molecular formula is C17H25Cl2N3O3. The molecule has 8 heteroatoms. The Balaban J connectivity index is 0.00000288. The Hall–Kier alpha value is -1.73. The number of furan rings is 1. The van der Waals surface area contributed by atoms with Crippen LogP contribution in [0.5, 0.6) is 5.75 Å². The molecule has 0 fully saturated rings. The molecule has 3 N–H and O–H groups in total. The molecule has 2 aromatic rings. The van der Waals surface area contributed by atoms with Gasteiger partial charge in [-0.1, -0.05) is 12.1 Å². The minimum Gasteiger partial charge on any atom is -0.492 e. The molecule has 2 rings (SSSR count). The first-order valence-electron chi connectivity index (χ1n) is 7.50. The average Bonchev–Trinajstić information content (AvgIpc) is 3.02. The number of benzene rings is 1. The second-order valence-corrected chi connectivity index (χ2v) is 5.49. The van der Waals surface area contributed by atoms with E-state index in [2.05, 4.69) is 10.2 Å². The molecule has 6 nitrogen and oxygen atoms in total. The Morgan fingerprint density at radius 3 is 2.68 bits per heavy atom. The number of nitrogens with two attached hydrogens (primary N) is 1. The van der Waals surface area contributed by atoms with E-state index in [1.165, 1.54) is 6.26 Å². The van der Waals surface area contributed by atoms with Gasteiger partial charge in [-0.05, 0) is 37.9 Å². The highest BCUT2D eigenvalue weighted by molar-refractivity contribution is 5.93. The van der Waals surface area contributed by atoms with Crippen LogP contribution in [0.1, 0.15) is 21.7 Å². The molecule has 0 atom stereocenters. The fourth-order valence-corrected chi connectivity index (χ4v) is 1.98. The van der Waals surface area contributed by atoms with Crippen molar-refractivity contribution >= 4 is 30.7 Å². The summed E-state index contributed by atoms with van der Waals surface area (Å²) in [5.74, 6) is 1.20. The molecule has 1 aromatic carbocycles. The first-order valence-corrected chi connectivity index (χ1v) is 7.50. The van der Waals surface area contributed by atoms with Crippen LogP contribution in [0, 0.1) is 0 Å². The fraction of sp³-hybridized carbons (Fsp3) is 0.353. The number of ether oxygens (including phenoxy) is 1.